The molecule has 0 unspecified atom stereocenters. The van der Waals surface area contributed by atoms with Crippen molar-refractivity contribution in [2.45, 2.75) is 13.3 Å². The lowest BCUT2D eigenvalue weighted by molar-refractivity contribution is 1.00. The molecular weight excluding hydrogens is 224 g/mol. The molecule has 0 atom stereocenters. The zero-order chi connectivity index (χ0) is 13.0. The Kier molecular flexibility index (Phi) is 3.67. The first kappa shape index (κ1) is 12.2. The van der Waals surface area contributed by atoms with Crippen LogP contribution in [0.1, 0.15) is 11.1 Å². The summed E-state index contributed by atoms with van der Waals surface area (Å²) >= 11 is 0. The van der Waals surface area contributed by atoms with Crippen molar-refractivity contribution >= 4 is 17.3 Å². The van der Waals surface area contributed by atoms with Gasteiger partial charge in [0.2, 0.25) is 0 Å². The Morgan fingerprint density at radius 2 is 2.00 bits per heavy atom. The normalized spacial score (nSPS) is 10.3. The predicted octanol–water partition coefficient (Wildman–Crippen LogP) is 2.21. The van der Waals surface area contributed by atoms with Crippen molar-refractivity contribution in [3.05, 3.63) is 47.5 Å². The number of nitrogens with one attached hydrogen (secondary N) is 1. The van der Waals surface area contributed by atoms with Gasteiger partial charge in [0.15, 0.2) is 0 Å². The van der Waals surface area contributed by atoms with E-state index in [1.165, 1.54) is 11.1 Å². The minimum Gasteiger partial charge on any atom is -0.396 e. The van der Waals surface area contributed by atoms with E-state index in [4.69, 9.17) is 11.5 Å². The summed E-state index contributed by atoms with van der Waals surface area (Å²) in [5, 5.41) is 3.23. The number of hydrogen-bond acceptors (Lipinski definition) is 4. The predicted molar refractivity (Wildman–Crippen MR) is 76.4 cm³/mol. The third kappa shape index (κ3) is 3.13. The average Bonchev–Trinajstić information content (AvgIpc) is 2.34. The van der Waals surface area contributed by atoms with Gasteiger partial charge in [-0.2, -0.15) is 0 Å². The third-order valence-corrected chi connectivity index (χ3v) is 2.76. The zero-order valence-electron chi connectivity index (χ0n) is 10.5. The van der Waals surface area contributed by atoms with Crippen LogP contribution in [-0.2, 0) is 6.42 Å². The highest BCUT2D eigenvalue weighted by Crippen LogP contribution is 2.14. The number of pyridine rings is 1. The van der Waals surface area contributed by atoms with Crippen LogP contribution in [0.2, 0.25) is 0 Å². The number of benzene rings is 1. The molecule has 0 amide bonds. The van der Waals surface area contributed by atoms with Crippen molar-refractivity contribution in [2.75, 3.05) is 23.3 Å². The Bertz CT molecular complexity index is 537. The van der Waals surface area contributed by atoms with E-state index in [2.05, 4.69) is 41.5 Å². The molecule has 2 rings (SSSR count). The summed E-state index contributed by atoms with van der Waals surface area (Å²) in [7, 11) is 0. The standard InChI is InChI=1S/C14H18N4/c1-10-3-2-4-11(9-10)7-8-17-13-6-5-12(15)14(16)18-13/h2-6,9H,7-8,15H2,1H3,(H3,16,17,18). The van der Waals surface area contributed by atoms with Crippen LogP contribution in [0.5, 0.6) is 0 Å². The quantitative estimate of drug-likeness (QED) is 0.768. The van der Waals surface area contributed by atoms with Crippen LogP contribution in [0.15, 0.2) is 36.4 Å². The Labute approximate surface area is 107 Å². The lowest BCUT2D eigenvalue weighted by Gasteiger charge is -2.07. The molecule has 0 radical (unpaired) electrons. The summed E-state index contributed by atoms with van der Waals surface area (Å²) in [6.07, 6.45) is 0.952. The molecular formula is C14H18N4. The van der Waals surface area contributed by atoms with Crippen molar-refractivity contribution in [2.24, 2.45) is 0 Å². The van der Waals surface area contributed by atoms with Gasteiger partial charge in [-0.1, -0.05) is 29.8 Å². The number of nitrogens with zero attached hydrogens (tertiary/aromatic N) is 1. The van der Waals surface area contributed by atoms with Gasteiger partial charge in [0.25, 0.3) is 0 Å². The Morgan fingerprint density at radius 1 is 1.17 bits per heavy atom. The van der Waals surface area contributed by atoms with Gasteiger partial charge in [0.05, 0.1) is 5.69 Å². The fourth-order valence-electron chi connectivity index (χ4n) is 1.79. The van der Waals surface area contributed by atoms with Crippen molar-refractivity contribution in [1.29, 1.82) is 0 Å². The second-order valence-corrected chi connectivity index (χ2v) is 4.34. The highest BCUT2D eigenvalue weighted by atomic mass is 15.0. The number of rotatable bonds is 4. The molecule has 0 bridgehead atoms. The molecule has 4 nitrogen and oxygen atoms in total. The number of nitrogen functional groups attached to an aromatic ring is 2. The van der Waals surface area contributed by atoms with Gasteiger partial charge in [0.1, 0.15) is 11.6 Å². The highest BCUT2D eigenvalue weighted by Gasteiger charge is 1.99. The molecule has 0 fully saturated rings. The van der Waals surface area contributed by atoms with Crippen molar-refractivity contribution in [3.63, 3.8) is 0 Å². The van der Waals surface area contributed by atoms with E-state index in [-0.39, 0.29) is 0 Å². The SMILES string of the molecule is Cc1cccc(CCNc2ccc(N)c(N)n2)c1. The molecule has 0 aliphatic rings. The maximum Gasteiger partial charge on any atom is 0.149 e. The zero-order valence-corrected chi connectivity index (χ0v) is 10.5. The molecule has 0 saturated carbocycles. The third-order valence-electron chi connectivity index (χ3n) is 2.76. The molecule has 0 aliphatic carbocycles. The molecule has 94 valence electrons. The molecule has 0 spiro atoms. The molecule has 1 heterocycles. The van der Waals surface area contributed by atoms with E-state index in [1.54, 1.807) is 6.07 Å². The van der Waals surface area contributed by atoms with Crippen LogP contribution in [-0.4, -0.2) is 11.5 Å². The lowest BCUT2D eigenvalue weighted by atomic mass is 10.1. The summed E-state index contributed by atoms with van der Waals surface area (Å²) in [4.78, 5) is 4.16. The topological polar surface area (TPSA) is 77.0 Å². The summed E-state index contributed by atoms with van der Waals surface area (Å²) in [5.41, 5.74) is 14.4. The van der Waals surface area contributed by atoms with E-state index in [1.807, 2.05) is 6.07 Å². The van der Waals surface area contributed by atoms with E-state index in [9.17, 15) is 0 Å². The number of anilines is 3. The molecule has 1 aromatic heterocycles. The molecule has 0 saturated heterocycles. The van der Waals surface area contributed by atoms with Gasteiger partial charge in [0, 0.05) is 6.54 Å². The Hall–Kier alpha value is -2.23. The van der Waals surface area contributed by atoms with Crippen molar-refractivity contribution in [3.8, 4) is 0 Å². The molecule has 4 heteroatoms. The Balaban J connectivity index is 1.90. The van der Waals surface area contributed by atoms with Crippen LogP contribution in [0.25, 0.3) is 0 Å². The van der Waals surface area contributed by atoms with E-state index < -0.39 is 0 Å². The van der Waals surface area contributed by atoms with Gasteiger partial charge >= 0.3 is 0 Å². The highest BCUT2D eigenvalue weighted by molar-refractivity contribution is 5.61. The van der Waals surface area contributed by atoms with Gasteiger partial charge < -0.3 is 16.8 Å². The maximum absolute atomic E-state index is 5.65. The van der Waals surface area contributed by atoms with Crippen LogP contribution in [0.3, 0.4) is 0 Å². The smallest absolute Gasteiger partial charge is 0.149 e. The van der Waals surface area contributed by atoms with E-state index in [0.717, 1.165) is 18.8 Å². The molecule has 0 aliphatic heterocycles. The molecule has 18 heavy (non-hydrogen) atoms. The summed E-state index contributed by atoms with van der Waals surface area (Å²) in [6, 6.07) is 12.1. The van der Waals surface area contributed by atoms with E-state index in [0.29, 0.717) is 11.5 Å². The summed E-state index contributed by atoms with van der Waals surface area (Å²) < 4.78 is 0. The molecule has 5 N–H and O–H groups in total. The van der Waals surface area contributed by atoms with Crippen LogP contribution < -0.4 is 16.8 Å². The first-order chi connectivity index (χ1) is 8.65. The largest absolute Gasteiger partial charge is 0.396 e. The maximum atomic E-state index is 5.65. The molecule has 2 aromatic rings. The van der Waals surface area contributed by atoms with Crippen molar-refractivity contribution in [1.82, 2.24) is 4.98 Å². The summed E-state index contributed by atoms with van der Waals surface area (Å²) in [5.74, 6) is 1.13. The first-order valence-corrected chi connectivity index (χ1v) is 5.96. The second-order valence-electron chi connectivity index (χ2n) is 4.34. The minimum absolute atomic E-state index is 0.371. The van der Waals surface area contributed by atoms with Gasteiger partial charge in [-0.3, -0.25) is 0 Å². The van der Waals surface area contributed by atoms with Crippen LogP contribution in [0.4, 0.5) is 17.3 Å². The van der Waals surface area contributed by atoms with Crippen LogP contribution in [0, 0.1) is 6.92 Å². The van der Waals surface area contributed by atoms with Crippen LogP contribution >= 0.6 is 0 Å². The fraction of sp³-hybridized carbons (Fsp3) is 0.214. The number of hydrogen-bond donors (Lipinski definition) is 3. The second kappa shape index (κ2) is 5.40. The lowest BCUT2D eigenvalue weighted by Crippen LogP contribution is -2.08. The van der Waals surface area contributed by atoms with E-state index >= 15 is 0 Å². The van der Waals surface area contributed by atoms with Crippen molar-refractivity contribution < 1.29 is 0 Å². The Morgan fingerprint density at radius 3 is 2.72 bits per heavy atom. The average molecular weight is 242 g/mol. The fourth-order valence-corrected chi connectivity index (χ4v) is 1.79. The number of aromatic nitrogens is 1. The number of nitrogens with two attached hydrogens (primary N) is 2. The summed E-state index contributed by atoms with van der Waals surface area (Å²) in [6.45, 7) is 2.92. The number of aryl methyl sites for hydroxylation is 1. The monoisotopic (exact) mass is 242 g/mol. The van der Waals surface area contributed by atoms with Gasteiger partial charge in [-0.15, -0.1) is 0 Å². The molecule has 1 aromatic carbocycles. The minimum atomic E-state index is 0.371. The van der Waals surface area contributed by atoms with Gasteiger partial charge in [-0.25, -0.2) is 4.98 Å². The van der Waals surface area contributed by atoms with Gasteiger partial charge in [-0.05, 0) is 31.0 Å². The first-order valence-electron chi connectivity index (χ1n) is 5.96.